The Morgan fingerprint density at radius 1 is 1.00 bits per heavy atom. The molecule has 19 heavy (non-hydrogen) atoms. The monoisotopic (exact) mass is 268 g/mol. The van der Waals surface area contributed by atoms with E-state index in [0.717, 1.165) is 16.7 Å². The molecular formula is C17H16OS. The van der Waals surface area contributed by atoms with Gasteiger partial charge in [-0.2, -0.15) is 0 Å². The van der Waals surface area contributed by atoms with Crippen molar-refractivity contribution in [1.82, 2.24) is 0 Å². The number of hydrogen-bond donors (Lipinski definition) is 1. The van der Waals surface area contributed by atoms with Crippen LogP contribution < -0.4 is 0 Å². The molecule has 0 spiro atoms. The Morgan fingerprint density at radius 3 is 2.47 bits per heavy atom. The first-order valence-electron chi connectivity index (χ1n) is 6.39. The lowest BCUT2D eigenvalue weighted by molar-refractivity contribution is 0.160. The second kappa shape index (κ2) is 5.24. The van der Waals surface area contributed by atoms with Gasteiger partial charge in [-0.15, -0.1) is 11.8 Å². The summed E-state index contributed by atoms with van der Waals surface area (Å²) in [7, 11) is 0. The van der Waals surface area contributed by atoms with E-state index in [-0.39, 0.29) is 5.92 Å². The van der Waals surface area contributed by atoms with Crippen molar-refractivity contribution in [2.24, 2.45) is 0 Å². The minimum Gasteiger partial charge on any atom is -0.387 e. The van der Waals surface area contributed by atoms with E-state index < -0.39 is 6.10 Å². The highest BCUT2D eigenvalue weighted by molar-refractivity contribution is 7.98. The third kappa shape index (κ3) is 2.34. The number of rotatable bonds is 2. The SMILES string of the molecule is CSc1ccc(C2C=Cc3ccccc3C2O)cc1. The van der Waals surface area contributed by atoms with Gasteiger partial charge < -0.3 is 5.11 Å². The van der Waals surface area contributed by atoms with Crippen LogP contribution in [0.1, 0.15) is 28.7 Å². The van der Waals surface area contributed by atoms with Crippen molar-refractivity contribution < 1.29 is 5.11 Å². The summed E-state index contributed by atoms with van der Waals surface area (Å²) in [6.45, 7) is 0. The zero-order valence-corrected chi connectivity index (χ0v) is 11.6. The number of fused-ring (bicyclic) bond motifs is 1. The van der Waals surface area contributed by atoms with Crippen molar-refractivity contribution in [3.8, 4) is 0 Å². The van der Waals surface area contributed by atoms with Crippen LogP contribution in [0.4, 0.5) is 0 Å². The quantitative estimate of drug-likeness (QED) is 0.822. The fraction of sp³-hybridized carbons (Fsp3) is 0.176. The first-order chi connectivity index (χ1) is 9.29. The van der Waals surface area contributed by atoms with Gasteiger partial charge in [0.15, 0.2) is 0 Å². The molecule has 0 saturated carbocycles. The molecule has 0 radical (unpaired) electrons. The Kier molecular flexibility index (Phi) is 3.45. The highest BCUT2D eigenvalue weighted by Gasteiger charge is 2.25. The van der Waals surface area contributed by atoms with Crippen molar-refractivity contribution >= 4 is 17.8 Å². The van der Waals surface area contributed by atoms with Crippen LogP contribution in [0.3, 0.4) is 0 Å². The van der Waals surface area contributed by atoms with Gasteiger partial charge in [0, 0.05) is 10.8 Å². The second-order valence-corrected chi connectivity index (χ2v) is 5.61. The minimum atomic E-state index is -0.457. The van der Waals surface area contributed by atoms with Gasteiger partial charge in [-0.25, -0.2) is 0 Å². The lowest BCUT2D eigenvalue weighted by atomic mass is 9.83. The molecule has 0 aliphatic heterocycles. The Morgan fingerprint density at radius 2 is 1.74 bits per heavy atom. The van der Waals surface area contributed by atoms with Gasteiger partial charge in [-0.05, 0) is 35.1 Å². The molecule has 2 heteroatoms. The topological polar surface area (TPSA) is 20.2 Å². The van der Waals surface area contributed by atoms with E-state index in [1.807, 2.05) is 24.3 Å². The first-order valence-corrected chi connectivity index (χ1v) is 7.61. The molecule has 0 fully saturated rings. The van der Waals surface area contributed by atoms with Gasteiger partial charge in [0.25, 0.3) is 0 Å². The maximum absolute atomic E-state index is 10.5. The smallest absolute Gasteiger partial charge is 0.0899 e. The molecule has 2 aromatic carbocycles. The Hall–Kier alpha value is -1.51. The molecule has 1 nitrogen and oxygen atoms in total. The van der Waals surface area contributed by atoms with Crippen LogP contribution in [0.25, 0.3) is 6.08 Å². The van der Waals surface area contributed by atoms with Gasteiger partial charge in [0.1, 0.15) is 0 Å². The molecule has 0 bridgehead atoms. The number of thioether (sulfide) groups is 1. The van der Waals surface area contributed by atoms with E-state index in [1.165, 1.54) is 4.90 Å². The molecule has 0 aromatic heterocycles. The molecule has 2 unspecified atom stereocenters. The molecule has 1 aliphatic rings. The fourth-order valence-electron chi connectivity index (χ4n) is 2.56. The Bertz CT molecular complexity index is 601. The third-order valence-electron chi connectivity index (χ3n) is 3.64. The van der Waals surface area contributed by atoms with Crippen molar-refractivity contribution in [2.45, 2.75) is 16.9 Å². The summed E-state index contributed by atoms with van der Waals surface area (Å²) >= 11 is 1.73. The van der Waals surface area contributed by atoms with E-state index in [1.54, 1.807) is 11.8 Å². The molecule has 0 heterocycles. The number of aliphatic hydroxyl groups is 1. The fourth-order valence-corrected chi connectivity index (χ4v) is 2.97. The van der Waals surface area contributed by atoms with Gasteiger partial charge in [-0.1, -0.05) is 48.6 Å². The summed E-state index contributed by atoms with van der Waals surface area (Å²) < 4.78 is 0. The molecule has 2 atom stereocenters. The Labute approximate surface area is 118 Å². The normalized spacial score (nSPS) is 21.2. The van der Waals surface area contributed by atoms with Gasteiger partial charge in [0.2, 0.25) is 0 Å². The Balaban J connectivity index is 1.95. The van der Waals surface area contributed by atoms with Gasteiger partial charge in [0.05, 0.1) is 6.10 Å². The van der Waals surface area contributed by atoms with Crippen molar-refractivity contribution in [1.29, 1.82) is 0 Å². The van der Waals surface area contributed by atoms with E-state index in [4.69, 9.17) is 0 Å². The average Bonchev–Trinajstić information content (AvgIpc) is 2.48. The van der Waals surface area contributed by atoms with E-state index >= 15 is 0 Å². The molecule has 1 aliphatic carbocycles. The summed E-state index contributed by atoms with van der Waals surface area (Å²) in [5.41, 5.74) is 3.30. The summed E-state index contributed by atoms with van der Waals surface area (Å²) in [6.07, 6.45) is 5.82. The molecule has 96 valence electrons. The highest BCUT2D eigenvalue weighted by atomic mass is 32.2. The van der Waals surface area contributed by atoms with Crippen LogP contribution in [0.5, 0.6) is 0 Å². The van der Waals surface area contributed by atoms with E-state index in [9.17, 15) is 5.11 Å². The van der Waals surface area contributed by atoms with Crippen LogP contribution in [-0.4, -0.2) is 11.4 Å². The number of aliphatic hydroxyl groups excluding tert-OH is 1. The standard InChI is InChI=1S/C17H16OS/c1-19-14-9-6-13(7-10-14)16-11-8-12-4-2-3-5-15(12)17(16)18/h2-11,16-18H,1H3. The lowest BCUT2D eigenvalue weighted by Crippen LogP contribution is -2.13. The lowest BCUT2D eigenvalue weighted by Gasteiger charge is -2.26. The molecule has 0 amide bonds. The van der Waals surface area contributed by atoms with E-state index in [0.29, 0.717) is 0 Å². The number of hydrogen-bond acceptors (Lipinski definition) is 2. The molecule has 1 N–H and O–H groups in total. The predicted molar refractivity (Wildman–Crippen MR) is 81.4 cm³/mol. The van der Waals surface area contributed by atoms with Crippen LogP contribution in [0, 0.1) is 0 Å². The predicted octanol–water partition coefficient (Wildman–Crippen LogP) is 4.25. The highest BCUT2D eigenvalue weighted by Crippen LogP contribution is 2.38. The van der Waals surface area contributed by atoms with Crippen LogP contribution >= 0.6 is 11.8 Å². The zero-order chi connectivity index (χ0) is 13.2. The maximum atomic E-state index is 10.5. The van der Waals surface area contributed by atoms with Crippen LogP contribution in [0.2, 0.25) is 0 Å². The zero-order valence-electron chi connectivity index (χ0n) is 10.8. The number of benzene rings is 2. The average molecular weight is 268 g/mol. The van der Waals surface area contributed by atoms with Crippen molar-refractivity contribution in [3.63, 3.8) is 0 Å². The van der Waals surface area contributed by atoms with Gasteiger partial charge >= 0.3 is 0 Å². The summed E-state index contributed by atoms with van der Waals surface area (Å²) in [5, 5.41) is 10.5. The van der Waals surface area contributed by atoms with E-state index in [2.05, 4.69) is 42.7 Å². The summed E-state index contributed by atoms with van der Waals surface area (Å²) in [6, 6.07) is 16.5. The summed E-state index contributed by atoms with van der Waals surface area (Å²) in [4.78, 5) is 1.25. The van der Waals surface area contributed by atoms with Crippen LogP contribution in [0.15, 0.2) is 59.5 Å². The first kappa shape index (κ1) is 12.5. The summed E-state index contributed by atoms with van der Waals surface area (Å²) in [5.74, 6) is 0.0470. The second-order valence-electron chi connectivity index (χ2n) is 4.73. The van der Waals surface area contributed by atoms with Gasteiger partial charge in [-0.3, -0.25) is 0 Å². The van der Waals surface area contributed by atoms with Crippen LogP contribution in [-0.2, 0) is 0 Å². The third-order valence-corrected chi connectivity index (χ3v) is 4.38. The van der Waals surface area contributed by atoms with Crippen molar-refractivity contribution in [3.05, 3.63) is 71.3 Å². The van der Waals surface area contributed by atoms with Crippen molar-refractivity contribution in [2.75, 3.05) is 6.26 Å². The molecular weight excluding hydrogens is 252 g/mol. The molecule has 2 aromatic rings. The maximum Gasteiger partial charge on any atom is 0.0899 e. The molecule has 0 saturated heterocycles. The molecule has 3 rings (SSSR count). The minimum absolute atomic E-state index is 0.0470. The largest absolute Gasteiger partial charge is 0.387 e.